The Morgan fingerprint density at radius 3 is 2.19 bits per heavy atom. The highest BCUT2D eigenvalue weighted by Crippen LogP contribution is 2.35. The summed E-state index contributed by atoms with van der Waals surface area (Å²) >= 11 is 0. The van der Waals surface area contributed by atoms with Crippen LogP contribution < -0.4 is 19.5 Å². The van der Waals surface area contributed by atoms with Crippen molar-refractivity contribution in [3.8, 4) is 17.2 Å². The molecule has 0 aromatic heterocycles. The second-order valence-electron chi connectivity index (χ2n) is 5.41. The predicted molar refractivity (Wildman–Crippen MR) is 100 cm³/mol. The van der Waals surface area contributed by atoms with E-state index in [1.54, 1.807) is 49.6 Å². The van der Waals surface area contributed by atoms with E-state index < -0.39 is 0 Å². The van der Waals surface area contributed by atoms with Gasteiger partial charge in [0.1, 0.15) is 5.75 Å². The van der Waals surface area contributed by atoms with Gasteiger partial charge in [-0.1, -0.05) is 12.1 Å². The number of carbonyl (C=O) groups excluding carboxylic acids is 2. The molecule has 0 saturated carbocycles. The monoisotopic (exact) mass is 355 g/mol. The van der Waals surface area contributed by atoms with Gasteiger partial charge in [-0.25, -0.2) is 0 Å². The molecule has 26 heavy (non-hydrogen) atoms. The Morgan fingerprint density at radius 1 is 0.923 bits per heavy atom. The van der Waals surface area contributed by atoms with Gasteiger partial charge in [-0.3, -0.25) is 9.59 Å². The minimum Gasteiger partial charge on any atom is -0.496 e. The first-order chi connectivity index (χ1) is 12.5. The van der Waals surface area contributed by atoms with Crippen LogP contribution in [0.15, 0.2) is 42.5 Å². The number of rotatable bonds is 7. The van der Waals surface area contributed by atoms with Crippen LogP contribution in [-0.4, -0.2) is 33.0 Å². The lowest BCUT2D eigenvalue weighted by Crippen LogP contribution is -2.06. The number of hydrogen-bond donors (Lipinski definition) is 1. The number of methoxy groups -OCH3 is 3. The largest absolute Gasteiger partial charge is 0.496 e. The molecule has 6 nitrogen and oxygen atoms in total. The Balaban J connectivity index is 2.29. The molecule has 6 heteroatoms. The van der Waals surface area contributed by atoms with Crippen LogP contribution in [0.3, 0.4) is 0 Å². The van der Waals surface area contributed by atoms with Crippen molar-refractivity contribution in [3.63, 3.8) is 0 Å². The third-order valence-electron chi connectivity index (χ3n) is 3.62. The zero-order valence-electron chi connectivity index (χ0n) is 15.2. The first-order valence-corrected chi connectivity index (χ1v) is 7.88. The molecule has 1 amide bonds. The van der Waals surface area contributed by atoms with Crippen molar-refractivity contribution >= 4 is 23.5 Å². The first kappa shape index (κ1) is 19.1. The zero-order valence-corrected chi connectivity index (χ0v) is 15.2. The van der Waals surface area contributed by atoms with Crippen LogP contribution in [0.1, 0.15) is 22.8 Å². The van der Waals surface area contributed by atoms with Gasteiger partial charge in [-0.15, -0.1) is 0 Å². The van der Waals surface area contributed by atoms with Crippen molar-refractivity contribution in [3.05, 3.63) is 53.6 Å². The van der Waals surface area contributed by atoms with Crippen LogP contribution in [0.25, 0.3) is 6.08 Å². The SMILES string of the molecule is COc1cc(OC)c(OC)cc1/C=C/C(=O)c1cccc(NC(C)=O)c1. The van der Waals surface area contributed by atoms with E-state index >= 15 is 0 Å². The molecule has 0 unspecified atom stereocenters. The van der Waals surface area contributed by atoms with Gasteiger partial charge < -0.3 is 19.5 Å². The van der Waals surface area contributed by atoms with E-state index in [-0.39, 0.29) is 11.7 Å². The van der Waals surface area contributed by atoms with Gasteiger partial charge in [0.2, 0.25) is 5.91 Å². The van der Waals surface area contributed by atoms with E-state index in [4.69, 9.17) is 14.2 Å². The van der Waals surface area contributed by atoms with Crippen molar-refractivity contribution < 1.29 is 23.8 Å². The number of anilines is 1. The third-order valence-corrected chi connectivity index (χ3v) is 3.62. The summed E-state index contributed by atoms with van der Waals surface area (Å²) in [6.07, 6.45) is 3.09. The molecule has 0 saturated heterocycles. The molecule has 0 spiro atoms. The van der Waals surface area contributed by atoms with Gasteiger partial charge in [0, 0.05) is 29.8 Å². The van der Waals surface area contributed by atoms with Crippen molar-refractivity contribution in [1.82, 2.24) is 0 Å². The number of allylic oxidation sites excluding steroid dienone is 1. The smallest absolute Gasteiger partial charge is 0.221 e. The average Bonchev–Trinajstić information content (AvgIpc) is 2.64. The van der Waals surface area contributed by atoms with Gasteiger partial charge in [-0.2, -0.15) is 0 Å². The maximum absolute atomic E-state index is 12.4. The van der Waals surface area contributed by atoms with Gasteiger partial charge in [0.05, 0.1) is 21.3 Å². The van der Waals surface area contributed by atoms with Crippen molar-refractivity contribution in [2.24, 2.45) is 0 Å². The van der Waals surface area contributed by atoms with Crippen LogP contribution in [-0.2, 0) is 4.79 Å². The lowest BCUT2D eigenvalue weighted by atomic mass is 10.1. The number of benzene rings is 2. The molecule has 0 aliphatic heterocycles. The normalized spacial score (nSPS) is 10.5. The molecule has 0 aliphatic carbocycles. The maximum Gasteiger partial charge on any atom is 0.221 e. The number of ketones is 1. The highest BCUT2D eigenvalue weighted by Gasteiger charge is 2.11. The summed E-state index contributed by atoms with van der Waals surface area (Å²) in [5, 5.41) is 2.65. The van der Waals surface area contributed by atoms with Crippen LogP contribution in [0.5, 0.6) is 17.2 Å². The second kappa shape index (κ2) is 8.71. The molecule has 2 aromatic rings. The molecule has 0 heterocycles. The first-order valence-electron chi connectivity index (χ1n) is 7.88. The van der Waals surface area contributed by atoms with Gasteiger partial charge in [-0.05, 0) is 30.4 Å². The van der Waals surface area contributed by atoms with E-state index in [1.807, 2.05) is 0 Å². The summed E-state index contributed by atoms with van der Waals surface area (Å²) in [4.78, 5) is 23.6. The summed E-state index contributed by atoms with van der Waals surface area (Å²) in [5.41, 5.74) is 1.71. The number of ether oxygens (including phenoxy) is 3. The van der Waals surface area contributed by atoms with Crippen LogP contribution >= 0.6 is 0 Å². The summed E-state index contributed by atoms with van der Waals surface area (Å²) in [6, 6.07) is 10.2. The molecular formula is C20H21NO5. The summed E-state index contributed by atoms with van der Waals surface area (Å²) in [5.74, 6) is 1.23. The molecule has 1 N–H and O–H groups in total. The van der Waals surface area contributed by atoms with Gasteiger partial charge in [0.25, 0.3) is 0 Å². The Kier molecular flexibility index (Phi) is 6.38. The summed E-state index contributed by atoms with van der Waals surface area (Å²) in [7, 11) is 4.62. The Bertz CT molecular complexity index is 842. The second-order valence-corrected chi connectivity index (χ2v) is 5.41. The fourth-order valence-electron chi connectivity index (χ4n) is 2.40. The fourth-order valence-corrected chi connectivity index (χ4v) is 2.40. The van der Waals surface area contributed by atoms with E-state index in [2.05, 4.69) is 5.32 Å². The van der Waals surface area contributed by atoms with E-state index in [1.165, 1.54) is 27.2 Å². The highest BCUT2D eigenvalue weighted by molar-refractivity contribution is 6.07. The molecular weight excluding hydrogens is 334 g/mol. The molecule has 2 aromatic carbocycles. The number of carbonyl (C=O) groups is 2. The molecule has 0 atom stereocenters. The van der Waals surface area contributed by atoms with E-state index in [0.717, 1.165) is 0 Å². The van der Waals surface area contributed by atoms with Crippen molar-refractivity contribution in [1.29, 1.82) is 0 Å². The highest BCUT2D eigenvalue weighted by atomic mass is 16.5. The lowest BCUT2D eigenvalue weighted by molar-refractivity contribution is -0.114. The van der Waals surface area contributed by atoms with E-state index in [0.29, 0.717) is 34.1 Å². The van der Waals surface area contributed by atoms with Crippen molar-refractivity contribution in [2.45, 2.75) is 6.92 Å². The standard InChI is InChI=1S/C20H21NO5/c1-13(22)21-16-7-5-6-14(10-16)17(23)9-8-15-11-19(25-3)20(26-4)12-18(15)24-2/h5-12H,1-4H3,(H,21,22)/b9-8+. The average molecular weight is 355 g/mol. The number of hydrogen-bond acceptors (Lipinski definition) is 5. The van der Waals surface area contributed by atoms with E-state index in [9.17, 15) is 9.59 Å². The van der Waals surface area contributed by atoms with Gasteiger partial charge >= 0.3 is 0 Å². The minimum atomic E-state index is -0.200. The summed E-state index contributed by atoms with van der Waals surface area (Å²) in [6.45, 7) is 1.41. The maximum atomic E-state index is 12.4. The lowest BCUT2D eigenvalue weighted by Gasteiger charge is -2.12. The Labute approximate surface area is 152 Å². The Hall–Kier alpha value is -3.28. The molecule has 0 bridgehead atoms. The van der Waals surface area contributed by atoms with Crippen LogP contribution in [0.2, 0.25) is 0 Å². The van der Waals surface area contributed by atoms with Crippen LogP contribution in [0.4, 0.5) is 5.69 Å². The Morgan fingerprint density at radius 2 is 1.58 bits per heavy atom. The fraction of sp³-hybridized carbons (Fsp3) is 0.200. The predicted octanol–water partition coefficient (Wildman–Crippen LogP) is 3.57. The van der Waals surface area contributed by atoms with Gasteiger partial charge in [0.15, 0.2) is 17.3 Å². The molecule has 0 radical (unpaired) electrons. The molecule has 2 rings (SSSR count). The van der Waals surface area contributed by atoms with Crippen LogP contribution in [0, 0.1) is 0 Å². The summed E-state index contributed by atoms with van der Waals surface area (Å²) < 4.78 is 15.9. The molecule has 136 valence electrons. The quantitative estimate of drug-likeness (QED) is 0.607. The van der Waals surface area contributed by atoms with Crippen molar-refractivity contribution in [2.75, 3.05) is 26.6 Å². The minimum absolute atomic E-state index is 0.194. The third kappa shape index (κ3) is 4.63. The topological polar surface area (TPSA) is 73.9 Å². The zero-order chi connectivity index (χ0) is 19.1. The number of nitrogens with one attached hydrogen (secondary N) is 1. The molecule has 0 fully saturated rings. The number of amides is 1. The molecule has 0 aliphatic rings.